The van der Waals surface area contributed by atoms with E-state index in [2.05, 4.69) is 0 Å². The number of ether oxygens (including phenoxy) is 1. The first-order valence-corrected chi connectivity index (χ1v) is 8.04. The second kappa shape index (κ2) is 7.21. The van der Waals surface area contributed by atoms with Crippen molar-refractivity contribution in [2.75, 3.05) is 25.2 Å². The Balaban J connectivity index is 1.60. The van der Waals surface area contributed by atoms with Gasteiger partial charge in [0, 0.05) is 29.2 Å². The van der Waals surface area contributed by atoms with Crippen LogP contribution in [0.15, 0.2) is 60.9 Å². The minimum Gasteiger partial charge on any atom is -0.497 e. The molecule has 1 aliphatic rings. The van der Waals surface area contributed by atoms with Crippen LogP contribution in [0.25, 0.3) is 0 Å². The molecule has 0 aromatic heterocycles. The third-order valence-electron chi connectivity index (χ3n) is 4.16. The van der Waals surface area contributed by atoms with Crippen LogP contribution in [-0.2, 0) is 0 Å². The summed E-state index contributed by atoms with van der Waals surface area (Å²) in [6.45, 7) is 2.46. The van der Waals surface area contributed by atoms with Gasteiger partial charge in [-0.05, 0) is 55.5 Å². The molecule has 0 spiro atoms. The van der Waals surface area contributed by atoms with Crippen LogP contribution >= 0.6 is 0 Å². The first-order chi connectivity index (χ1) is 12.1. The number of hydrogen-bond acceptors (Lipinski definition) is 5. The van der Waals surface area contributed by atoms with Crippen LogP contribution in [0.5, 0.6) is 5.75 Å². The number of anilines is 1. The summed E-state index contributed by atoms with van der Waals surface area (Å²) >= 11 is 0. The lowest BCUT2D eigenvalue weighted by molar-refractivity contribution is 0.0958. The summed E-state index contributed by atoms with van der Waals surface area (Å²) in [6.07, 6.45) is 3.84. The monoisotopic (exact) mass is 336 g/mol. The third-order valence-corrected chi connectivity index (χ3v) is 4.16. The van der Waals surface area contributed by atoms with E-state index in [1.54, 1.807) is 38.3 Å². The van der Waals surface area contributed by atoms with E-state index in [-0.39, 0.29) is 11.6 Å². The second-order valence-corrected chi connectivity index (χ2v) is 5.91. The van der Waals surface area contributed by atoms with Gasteiger partial charge in [0.15, 0.2) is 11.6 Å². The lowest BCUT2D eigenvalue weighted by Crippen LogP contribution is -2.29. The topological polar surface area (TPSA) is 49.9 Å². The van der Waals surface area contributed by atoms with Gasteiger partial charge in [-0.15, -0.1) is 0 Å². The molecule has 5 heteroatoms. The summed E-state index contributed by atoms with van der Waals surface area (Å²) in [6, 6.07) is 14.6. The standard InChI is InChI=1S/C20H20N2O3/c1-15(23)16-3-7-18(8-4-16)22-12-11-21(14-22)13-20(24)17-5-9-19(25-2)10-6-17/h3-12H,13-14H2,1-2H3. The lowest BCUT2D eigenvalue weighted by atomic mass is 10.1. The highest BCUT2D eigenvalue weighted by Gasteiger charge is 2.17. The molecule has 0 unspecified atom stereocenters. The van der Waals surface area contributed by atoms with Gasteiger partial charge < -0.3 is 14.5 Å². The van der Waals surface area contributed by atoms with Crippen molar-refractivity contribution >= 4 is 17.3 Å². The molecule has 0 saturated carbocycles. The molecule has 0 bridgehead atoms. The van der Waals surface area contributed by atoms with E-state index >= 15 is 0 Å². The van der Waals surface area contributed by atoms with Crippen LogP contribution in [0.4, 0.5) is 5.69 Å². The van der Waals surface area contributed by atoms with E-state index in [1.165, 1.54) is 0 Å². The highest BCUT2D eigenvalue weighted by Crippen LogP contribution is 2.20. The van der Waals surface area contributed by atoms with Crippen LogP contribution in [0.1, 0.15) is 27.6 Å². The molecule has 128 valence electrons. The number of hydrogen-bond donors (Lipinski definition) is 0. The van der Waals surface area contributed by atoms with E-state index in [9.17, 15) is 9.59 Å². The minimum atomic E-state index is 0.0511. The van der Waals surface area contributed by atoms with Crippen molar-refractivity contribution in [2.45, 2.75) is 6.92 Å². The molecule has 0 atom stereocenters. The fourth-order valence-electron chi connectivity index (χ4n) is 2.68. The van der Waals surface area contributed by atoms with Crippen molar-refractivity contribution in [3.63, 3.8) is 0 Å². The minimum absolute atomic E-state index is 0.0511. The Morgan fingerprint density at radius 3 is 2.20 bits per heavy atom. The Morgan fingerprint density at radius 1 is 0.960 bits per heavy atom. The van der Waals surface area contributed by atoms with Gasteiger partial charge in [-0.1, -0.05) is 0 Å². The van der Waals surface area contributed by atoms with E-state index in [0.29, 0.717) is 24.3 Å². The fourth-order valence-corrected chi connectivity index (χ4v) is 2.68. The van der Waals surface area contributed by atoms with Crippen molar-refractivity contribution in [3.8, 4) is 5.75 Å². The number of carbonyl (C=O) groups is 2. The summed E-state index contributed by atoms with van der Waals surface area (Å²) in [5, 5.41) is 0. The van der Waals surface area contributed by atoms with E-state index in [0.717, 1.165) is 11.4 Å². The number of carbonyl (C=O) groups excluding carboxylic acids is 2. The molecule has 0 fully saturated rings. The van der Waals surface area contributed by atoms with Crippen molar-refractivity contribution < 1.29 is 14.3 Å². The van der Waals surface area contributed by atoms with E-state index in [4.69, 9.17) is 4.74 Å². The average Bonchev–Trinajstić information content (AvgIpc) is 3.10. The zero-order valence-electron chi connectivity index (χ0n) is 14.3. The molecule has 0 N–H and O–H groups in total. The molecule has 0 saturated heterocycles. The Kier molecular flexibility index (Phi) is 4.84. The maximum absolute atomic E-state index is 12.4. The lowest BCUT2D eigenvalue weighted by Gasteiger charge is -2.21. The number of ketones is 2. The molecule has 0 radical (unpaired) electrons. The van der Waals surface area contributed by atoms with Gasteiger partial charge in [0.2, 0.25) is 0 Å². The summed E-state index contributed by atoms with van der Waals surface area (Å²) < 4.78 is 5.11. The van der Waals surface area contributed by atoms with Gasteiger partial charge in [-0.2, -0.15) is 0 Å². The molecular formula is C20H20N2O3. The Bertz CT molecular complexity index is 795. The molecule has 3 rings (SSSR count). The predicted molar refractivity (Wildman–Crippen MR) is 97.0 cm³/mol. The molecule has 25 heavy (non-hydrogen) atoms. The molecule has 1 heterocycles. The number of methoxy groups -OCH3 is 1. The van der Waals surface area contributed by atoms with Crippen LogP contribution < -0.4 is 9.64 Å². The van der Waals surface area contributed by atoms with Crippen molar-refractivity contribution in [3.05, 3.63) is 72.1 Å². The van der Waals surface area contributed by atoms with Gasteiger partial charge in [-0.25, -0.2) is 0 Å². The van der Waals surface area contributed by atoms with Gasteiger partial charge >= 0.3 is 0 Å². The summed E-state index contributed by atoms with van der Waals surface area (Å²) in [7, 11) is 1.60. The van der Waals surface area contributed by atoms with Crippen molar-refractivity contribution in [2.24, 2.45) is 0 Å². The molecule has 2 aromatic carbocycles. The molecular weight excluding hydrogens is 316 g/mol. The van der Waals surface area contributed by atoms with Crippen LogP contribution in [-0.4, -0.2) is 36.8 Å². The second-order valence-electron chi connectivity index (χ2n) is 5.91. The van der Waals surface area contributed by atoms with Gasteiger partial charge in [0.25, 0.3) is 0 Å². The molecule has 1 aliphatic heterocycles. The zero-order valence-corrected chi connectivity index (χ0v) is 14.3. The molecule has 0 amide bonds. The first-order valence-electron chi connectivity index (χ1n) is 8.04. The number of Topliss-reactive ketones (excluding diaryl/α,β-unsaturated/α-hetero) is 2. The zero-order chi connectivity index (χ0) is 17.8. The molecule has 5 nitrogen and oxygen atoms in total. The quantitative estimate of drug-likeness (QED) is 0.757. The predicted octanol–water partition coefficient (Wildman–Crippen LogP) is 3.33. The van der Waals surface area contributed by atoms with Gasteiger partial charge in [0.1, 0.15) is 5.75 Å². The Hall–Kier alpha value is -3.08. The van der Waals surface area contributed by atoms with Crippen molar-refractivity contribution in [1.29, 1.82) is 0 Å². The molecule has 2 aromatic rings. The SMILES string of the molecule is COc1ccc(C(=O)CN2C=CN(c3ccc(C(C)=O)cc3)C2)cc1. The van der Waals surface area contributed by atoms with Gasteiger partial charge in [-0.3, -0.25) is 9.59 Å². The van der Waals surface area contributed by atoms with Gasteiger partial charge in [0.05, 0.1) is 20.3 Å². The molecule has 0 aliphatic carbocycles. The summed E-state index contributed by atoms with van der Waals surface area (Å²) in [5.41, 5.74) is 2.34. The van der Waals surface area contributed by atoms with E-state index < -0.39 is 0 Å². The third kappa shape index (κ3) is 3.88. The van der Waals surface area contributed by atoms with E-state index in [1.807, 2.05) is 46.5 Å². The Morgan fingerprint density at radius 2 is 1.60 bits per heavy atom. The maximum Gasteiger partial charge on any atom is 0.182 e. The normalized spacial score (nSPS) is 13.2. The number of nitrogens with zero attached hydrogens (tertiary/aromatic N) is 2. The smallest absolute Gasteiger partial charge is 0.182 e. The number of benzene rings is 2. The van der Waals surface area contributed by atoms with Crippen LogP contribution in [0, 0.1) is 0 Å². The largest absolute Gasteiger partial charge is 0.497 e. The Labute approximate surface area is 147 Å². The highest BCUT2D eigenvalue weighted by molar-refractivity contribution is 5.98. The van der Waals surface area contributed by atoms with Crippen molar-refractivity contribution in [1.82, 2.24) is 4.90 Å². The fraction of sp³-hybridized carbons (Fsp3) is 0.200. The van der Waals surface area contributed by atoms with Crippen LogP contribution in [0.2, 0.25) is 0 Å². The van der Waals surface area contributed by atoms with Crippen LogP contribution in [0.3, 0.4) is 0 Å². The number of rotatable bonds is 6. The average molecular weight is 336 g/mol. The summed E-state index contributed by atoms with van der Waals surface area (Å²) in [5.74, 6) is 0.842. The maximum atomic E-state index is 12.4. The first kappa shape index (κ1) is 16.8. The summed E-state index contributed by atoms with van der Waals surface area (Å²) in [4.78, 5) is 27.7. The highest BCUT2D eigenvalue weighted by atomic mass is 16.5.